The van der Waals surface area contributed by atoms with E-state index in [0.717, 1.165) is 25.7 Å². The number of nitrogens with zero attached hydrogens (tertiary/aromatic N) is 1. The van der Waals surface area contributed by atoms with E-state index in [-0.39, 0.29) is 24.1 Å². The number of rotatable bonds is 3. The van der Waals surface area contributed by atoms with Crippen LogP contribution in [0.5, 0.6) is 0 Å². The Labute approximate surface area is 138 Å². The fourth-order valence-electron chi connectivity index (χ4n) is 4.34. The molecule has 5 heteroatoms. The maximum absolute atomic E-state index is 11.4. The van der Waals surface area contributed by atoms with Gasteiger partial charge in [-0.3, -0.25) is 14.5 Å². The van der Waals surface area contributed by atoms with Gasteiger partial charge < -0.3 is 9.47 Å². The summed E-state index contributed by atoms with van der Waals surface area (Å²) < 4.78 is 10.9. The first kappa shape index (κ1) is 16.5. The van der Waals surface area contributed by atoms with Gasteiger partial charge in [-0.1, -0.05) is 17.6 Å². The van der Waals surface area contributed by atoms with Crippen molar-refractivity contribution < 1.29 is 19.1 Å². The van der Waals surface area contributed by atoms with Crippen molar-refractivity contribution in [1.82, 2.24) is 4.90 Å². The Bertz CT molecular complexity index is 471. The number of likely N-dealkylation sites (tertiary alicyclic amines) is 1. The van der Waals surface area contributed by atoms with Crippen LogP contribution in [0.15, 0.2) is 11.1 Å². The van der Waals surface area contributed by atoms with E-state index < -0.39 is 0 Å². The van der Waals surface area contributed by atoms with Crippen LogP contribution in [0.4, 0.5) is 0 Å². The number of esters is 2. The average molecular weight is 321 g/mol. The zero-order valence-corrected chi connectivity index (χ0v) is 14.2. The van der Waals surface area contributed by atoms with E-state index in [1.807, 2.05) is 0 Å². The van der Waals surface area contributed by atoms with E-state index in [0.29, 0.717) is 6.04 Å². The van der Waals surface area contributed by atoms with Gasteiger partial charge in [0.05, 0.1) is 0 Å². The van der Waals surface area contributed by atoms with Crippen molar-refractivity contribution in [2.45, 2.75) is 77.0 Å². The molecule has 0 aromatic heterocycles. The highest BCUT2D eigenvalue weighted by atomic mass is 16.6. The highest BCUT2D eigenvalue weighted by molar-refractivity contribution is 5.67. The number of carbonyl (C=O) groups is 2. The topological polar surface area (TPSA) is 55.8 Å². The third kappa shape index (κ3) is 3.94. The molecule has 1 saturated heterocycles. The monoisotopic (exact) mass is 321 g/mol. The fraction of sp³-hybridized carbons (Fsp3) is 0.778. The van der Waals surface area contributed by atoms with Crippen LogP contribution in [0, 0.1) is 0 Å². The Morgan fingerprint density at radius 3 is 1.74 bits per heavy atom. The summed E-state index contributed by atoms with van der Waals surface area (Å²) in [5, 5.41) is 0. The van der Waals surface area contributed by atoms with Crippen LogP contribution >= 0.6 is 0 Å². The quantitative estimate of drug-likeness (QED) is 0.591. The van der Waals surface area contributed by atoms with Crippen LogP contribution in [-0.4, -0.2) is 48.2 Å². The van der Waals surface area contributed by atoms with Crippen molar-refractivity contribution in [3.8, 4) is 0 Å². The SMILES string of the molecule is CC(=O)O[C@@H]1CC2=C(CC(N3CCCCC3)C2)C[C@H]1OC(C)=O. The van der Waals surface area contributed by atoms with E-state index in [1.54, 1.807) is 0 Å². The zero-order valence-electron chi connectivity index (χ0n) is 14.2. The third-order valence-corrected chi connectivity index (χ3v) is 5.32. The molecule has 23 heavy (non-hydrogen) atoms. The molecule has 1 fully saturated rings. The van der Waals surface area contributed by atoms with Gasteiger partial charge in [0.1, 0.15) is 12.2 Å². The second-order valence-electron chi connectivity index (χ2n) is 7.07. The van der Waals surface area contributed by atoms with E-state index in [4.69, 9.17) is 9.47 Å². The van der Waals surface area contributed by atoms with Gasteiger partial charge in [-0.05, 0) is 38.8 Å². The standard InChI is InChI=1S/C18H27NO4/c1-12(20)22-17-10-14-8-16(19-6-4-3-5-7-19)9-15(14)11-18(17)23-13(2)21/h16-18H,3-11H2,1-2H3/t17-,18-/m1/s1. The maximum Gasteiger partial charge on any atom is 0.303 e. The molecule has 128 valence electrons. The highest BCUT2D eigenvalue weighted by Gasteiger charge is 2.39. The van der Waals surface area contributed by atoms with Crippen molar-refractivity contribution in [2.24, 2.45) is 0 Å². The first-order chi connectivity index (χ1) is 11.0. The number of hydrogen-bond donors (Lipinski definition) is 0. The van der Waals surface area contributed by atoms with Gasteiger partial charge in [0, 0.05) is 32.7 Å². The molecular weight excluding hydrogens is 294 g/mol. The second-order valence-corrected chi connectivity index (χ2v) is 7.07. The summed E-state index contributed by atoms with van der Waals surface area (Å²) in [5.41, 5.74) is 2.85. The van der Waals surface area contributed by atoms with Crippen LogP contribution < -0.4 is 0 Å². The van der Waals surface area contributed by atoms with Crippen LogP contribution in [0.2, 0.25) is 0 Å². The molecule has 2 aliphatic carbocycles. The summed E-state index contributed by atoms with van der Waals surface area (Å²) in [4.78, 5) is 25.3. The lowest BCUT2D eigenvalue weighted by Gasteiger charge is -2.32. The molecule has 1 heterocycles. The predicted octanol–water partition coefficient (Wildman–Crippen LogP) is 2.59. The lowest BCUT2D eigenvalue weighted by atomic mass is 9.89. The van der Waals surface area contributed by atoms with Gasteiger partial charge in [-0.25, -0.2) is 0 Å². The smallest absolute Gasteiger partial charge is 0.303 e. The molecule has 0 aromatic rings. The minimum absolute atomic E-state index is 0.304. The zero-order chi connectivity index (χ0) is 16.4. The Morgan fingerprint density at radius 2 is 1.30 bits per heavy atom. The summed E-state index contributed by atoms with van der Waals surface area (Å²) >= 11 is 0. The summed E-state index contributed by atoms with van der Waals surface area (Å²) in [5.74, 6) is -0.608. The van der Waals surface area contributed by atoms with E-state index in [1.165, 1.54) is 57.3 Å². The molecule has 0 unspecified atom stereocenters. The Hall–Kier alpha value is -1.36. The molecule has 2 atom stereocenters. The Balaban J connectivity index is 1.67. The molecule has 1 aliphatic heterocycles. The number of hydrogen-bond acceptors (Lipinski definition) is 5. The minimum Gasteiger partial charge on any atom is -0.458 e. The number of ether oxygens (including phenoxy) is 2. The largest absolute Gasteiger partial charge is 0.458 e. The van der Waals surface area contributed by atoms with Crippen LogP contribution in [0.3, 0.4) is 0 Å². The average Bonchev–Trinajstić information content (AvgIpc) is 2.90. The van der Waals surface area contributed by atoms with Gasteiger partial charge in [-0.15, -0.1) is 0 Å². The van der Waals surface area contributed by atoms with Crippen molar-refractivity contribution in [2.75, 3.05) is 13.1 Å². The predicted molar refractivity (Wildman–Crippen MR) is 85.8 cm³/mol. The first-order valence-corrected chi connectivity index (χ1v) is 8.81. The minimum atomic E-state index is -0.324. The summed E-state index contributed by atoms with van der Waals surface area (Å²) in [7, 11) is 0. The third-order valence-electron chi connectivity index (χ3n) is 5.32. The van der Waals surface area contributed by atoms with Crippen molar-refractivity contribution in [3.05, 3.63) is 11.1 Å². The lowest BCUT2D eigenvalue weighted by molar-refractivity contribution is -0.165. The Morgan fingerprint density at radius 1 is 0.826 bits per heavy atom. The molecular formula is C18H27NO4. The van der Waals surface area contributed by atoms with E-state index in [9.17, 15) is 9.59 Å². The molecule has 0 amide bonds. The summed E-state index contributed by atoms with van der Waals surface area (Å²) in [6, 6.07) is 0.592. The molecule has 0 radical (unpaired) electrons. The first-order valence-electron chi connectivity index (χ1n) is 8.81. The normalized spacial score (nSPS) is 29.3. The molecule has 0 saturated carbocycles. The van der Waals surface area contributed by atoms with Gasteiger partial charge >= 0.3 is 11.9 Å². The summed E-state index contributed by atoms with van der Waals surface area (Å²) in [6.45, 7) is 5.23. The Kier molecular flexibility index (Phi) is 5.05. The molecule has 5 nitrogen and oxygen atoms in total. The lowest BCUT2D eigenvalue weighted by Crippen LogP contribution is -2.38. The van der Waals surface area contributed by atoms with E-state index >= 15 is 0 Å². The molecule has 0 N–H and O–H groups in total. The van der Waals surface area contributed by atoms with E-state index in [2.05, 4.69) is 4.90 Å². The van der Waals surface area contributed by atoms with Crippen molar-refractivity contribution in [3.63, 3.8) is 0 Å². The van der Waals surface area contributed by atoms with Gasteiger partial charge in [-0.2, -0.15) is 0 Å². The molecule has 3 aliphatic rings. The van der Waals surface area contributed by atoms with Gasteiger partial charge in [0.2, 0.25) is 0 Å². The number of carbonyl (C=O) groups excluding carboxylic acids is 2. The highest BCUT2D eigenvalue weighted by Crippen LogP contribution is 2.41. The maximum atomic E-state index is 11.4. The molecule has 3 rings (SSSR count). The number of piperidine rings is 1. The van der Waals surface area contributed by atoms with Crippen LogP contribution in [0.1, 0.15) is 58.8 Å². The second kappa shape index (κ2) is 7.04. The molecule has 0 spiro atoms. The van der Waals surface area contributed by atoms with Crippen LogP contribution in [-0.2, 0) is 19.1 Å². The van der Waals surface area contributed by atoms with Gasteiger partial charge in [0.25, 0.3) is 0 Å². The summed E-state index contributed by atoms with van der Waals surface area (Å²) in [6.07, 6.45) is 6.90. The molecule has 0 aromatic carbocycles. The van der Waals surface area contributed by atoms with Gasteiger partial charge in [0.15, 0.2) is 0 Å². The van der Waals surface area contributed by atoms with Crippen molar-refractivity contribution >= 4 is 11.9 Å². The molecule has 0 bridgehead atoms. The van der Waals surface area contributed by atoms with Crippen molar-refractivity contribution in [1.29, 1.82) is 0 Å². The fourth-order valence-corrected chi connectivity index (χ4v) is 4.34. The van der Waals surface area contributed by atoms with Crippen LogP contribution in [0.25, 0.3) is 0 Å².